The number of rotatable bonds is 6. The van der Waals surface area contributed by atoms with E-state index in [2.05, 4.69) is 4.74 Å². The molecule has 0 aliphatic heterocycles. The Hall–Kier alpha value is -3.56. The normalized spacial score (nSPS) is 13.7. The molecule has 2 aromatic carbocycles. The molecule has 0 saturated carbocycles. The van der Waals surface area contributed by atoms with Crippen molar-refractivity contribution in [2.75, 3.05) is 0 Å². The number of nitrogens with zero attached hydrogens (tertiary/aromatic N) is 1. The van der Waals surface area contributed by atoms with Crippen LogP contribution in [0.4, 0.5) is 17.6 Å². The van der Waals surface area contributed by atoms with E-state index in [9.17, 15) is 37.4 Å². The van der Waals surface area contributed by atoms with Crippen molar-refractivity contribution >= 4 is 22.8 Å². The SMILES string of the molecule is CCC[C@@](C)(C(=O)O)c1c(C)n(C(=O)c2ccc(OC(F)(F)F)cc2)c2cc(F)c(O)cc12. The van der Waals surface area contributed by atoms with Crippen molar-refractivity contribution in [3.63, 3.8) is 0 Å². The number of hydrogen-bond acceptors (Lipinski definition) is 4. The van der Waals surface area contributed by atoms with Gasteiger partial charge < -0.3 is 14.9 Å². The van der Waals surface area contributed by atoms with Gasteiger partial charge in [0.15, 0.2) is 11.6 Å². The summed E-state index contributed by atoms with van der Waals surface area (Å²) in [6, 6.07) is 6.17. The fraction of sp³-hybridized carbons (Fsp3) is 0.304. The monoisotopic (exact) mass is 467 g/mol. The van der Waals surface area contributed by atoms with Crippen molar-refractivity contribution in [1.82, 2.24) is 4.57 Å². The summed E-state index contributed by atoms with van der Waals surface area (Å²) in [5.74, 6) is -4.10. The summed E-state index contributed by atoms with van der Waals surface area (Å²) in [5, 5.41) is 20.1. The number of phenolic OH excluding ortho intramolecular Hbond substituents is 1. The van der Waals surface area contributed by atoms with Crippen molar-refractivity contribution in [1.29, 1.82) is 0 Å². The summed E-state index contributed by atoms with van der Waals surface area (Å²) < 4.78 is 56.4. The molecule has 0 unspecified atom stereocenters. The number of aromatic nitrogens is 1. The quantitative estimate of drug-likeness (QED) is 0.466. The topological polar surface area (TPSA) is 88.8 Å². The second-order valence-electron chi connectivity index (χ2n) is 7.88. The fourth-order valence-electron chi connectivity index (χ4n) is 4.15. The Labute approximate surface area is 186 Å². The molecule has 0 saturated heterocycles. The number of aromatic hydroxyl groups is 1. The van der Waals surface area contributed by atoms with Crippen LogP contribution in [0.2, 0.25) is 0 Å². The Kier molecular flexibility index (Phi) is 6.14. The number of carboxylic acid groups (broad SMARTS) is 1. The zero-order chi connectivity index (χ0) is 24.7. The maximum absolute atomic E-state index is 14.2. The van der Waals surface area contributed by atoms with Gasteiger partial charge in [0, 0.05) is 22.7 Å². The molecule has 1 aromatic heterocycles. The summed E-state index contributed by atoms with van der Waals surface area (Å²) in [4.78, 5) is 25.5. The Balaban J connectivity index is 2.23. The number of carboxylic acids is 1. The Bertz CT molecular complexity index is 1230. The lowest BCUT2D eigenvalue weighted by atomic mass is 9.77. The lowest BCUT2D eigenvalue weighted by molar-refractivity contribution is -0.274. The van der Waals surface area contributed by atoms with Gasteiger partial charge in [0.25, 0.3) is 5.91 Å². The average molecular weight is 467 g/mol. The molecule has 1 heterocycles. The number of alkyl halides is 3. The molecular formula is C23H21F4NO5. The molecule has 0 spiro atoms. The van der Waals surface area contributed by atoms with Crippen molar-refractivity contribution in [3.8, 4) is 11.5 Å². The molecule has 10 heteroatoms. The molecule has 0 aliphatic carbocycles. The van der Waals surface area contributed by atoms with E-state index in [-0.39, 0.29) is 34.1 Å². The summed E-state index contributed by atoms with van der Waals surface area (Å²) in [5.41, 5.74) is -0.988. The van der Waals surface area contributed by atoms with Crippen LogP contribution in [-0.2, 0) is 10.2 Å². The number of hydrogen-bond donors (Lipinski definition) is 2. The van der Waals surface area contributed by atoms with Gasteiger partial charge in [-0.05, 0) is 56.2 Å². The van der Waals surface area contributed by atoms with E-state index < -0.39 is 41.0 Å². The number of carbonyl (C=O) groups is 2. The minimum atomic E-state index is -4.90. The van der Waals surface area contributed by atoms with Crippen LogP contribution in [0.25, 0.3) is 10.9 Å². The van der Waals surface area contributed by atoms with Gasteiger partial charge in [0.1, 0.15) is 5.75 Å². The molecule has 0 bridgehead atoms. The summed E-state index contributed by atoms with van der Waals surface area (Å²) in [7, 11) is 0. The summed E-state index contributed by atoms with van der Waals surface area (Å²) in [6.45, 7) is 4.78. The van der Waals surface area contributed by atoms with E-state index in [0.717, 1.165) is 41.0 Å². The first-order valence-corrected chi connectivity index (χ1v) is 9.98. The third-order valence-corrected chi connectivity index (χ3v) is 5.58. The predicted octanol–water partition coefficient (Wildman–Crippen LogP) is 5.52. The van der Waals surface area contributed by atoms with Crippen molar-refractivity contribution < 1.29 is 42.1 Å². The molecule has 6 nitrogen and oxygen atoms in total. The Morgan fingerprint density at radius 2 is 1.73 bits per heavy atom. The van der Waals surface area contributed by atoms with Gasteiger partial charge >= 0.3 is 12.3 Å². The van der Waals surface area contributed by atoms with Gasteiger partial charge in [0.2, 0.25) is 0 Å². The van der Waals surface area contributed by atoms with Crippen LogP contribution >= 0.6 is 0 Å². The zero-order valence-electron chi connectivity index (χ0n) is 18.0. The predicted molar refractivity (Wildman–Crippen MR) is 111 cm³/mol. The second kappa shape index (κ2) is 8.42. The number of ether oxygens (including phenoxy) is 1. The third-order valence-electron chi connectivity index (χ3n) is 5.58. The number of fused-ring (bicyclic) bond motifs is 1. The maximum atomic E-state index is 14.2. The van der Waals surface area contributed by atoms with Gasteiger partial charge in [-0.25, -0.2) is 4.39 Å². The maximum Gasteiger partial charge on any atom is 0.573 e. The number of halogens is 4. The molecule has 0 amide bonds. The van der Waals surface area contributed by atoms with Crippen LogP contribution in [0.15, 0.2) is 36.4 Å². The van der Waals surface area contributed by atoms with Gasteiger partial charge in [-0.3, -0.25) is 14.2 Å². The number of phenols is 1. The van der Waals surface area contributed by atoms with Crippen LogP contribution in [0.3, 0.4) is 0 Å². The number of carbonyl (C=O) groups excluding carboxylic acids is 1. The van der Waals surface area contributed by atoms with E-state index in [4.69, 9.17) is 0 Å². The highest BCUT2D eigenvalue weighted by molar-refractivity contribution is 6.06. The molecule has 176 valence electrons. The molecule has 3 rings (SSSR count). The molecule has 33 heavy (non-hydrogen) atoms. The van der Waals surface area contributed by atoms with Crippen molar-refractivity contribution in [2.45, 2.75) is 45.4 Å². The third kappa shape index (κ3) is 4.37. The highest BCUT2D eigenvalue weighted by Crippen LogP contribution is 2.41. The van der Waals surface area contributed by atoms with E-state index in [1.54, 1.807) is 6.92 Å². The Morgan fingerprint density at radius 1 is 1.12 bits per heavy atom. The van der Waals surface area contributed by atoms with Crippen LogP contribution < -0.4 is 4.74 Å². The molecule has 3 aromatic rings. The second-order valence-corrected chi connectivity index (χ2v) is 7.88. The highest BCUT2D eigenvalue weighted by atomic mass is 19.4. The smallest absolute Gasteiger partial charge is 0.505 e. The first kappa shape index (κ1) is 24.1. The molecule has 0 aliphatic rings. The van der Waals surface area contributed by atoms with E-state index in [1.165, 1.54) is 13.8 Å². The highest BCUT2D eigenvalue weighted by Gasteiger charge is 2.40. The molecule has 1 atom stereocenters. The zero-order valence-corrected chi connectivity index (χ0v) is 18.0. The first-order chi connectivity index (χ1) is 15.3. The Morgan fingerprint density at radius 3 is 2.24 bits per heavy atom. The van der Waals surface area contributed by atoms with Crippen molar-refractivity contribution in [3.05, 3.63) is 59.0 Å². The molecule has 0 fully saturated rings. The van der Waals surface area contributed by atoms with Crippen LogP contribution in [-0.4, -0.2) is 33.0 Å². The largest absolute Gasteiger partial charge is 0.573 e. The first-order valence-electron chi connectivity index (χ1n) is 9.98. The van der Waals surface area contributed by atoms with E-state index in [1.807, 2.05) is 0 Å². The van der Waals surface area contributed by atoms with Gasteiger partial charge in [-0.2, -0.15) is 0 Å². The van der Waals surface area contributed by atoms with Gasteiger partial charge in [0.05, 0.1) is 10.9 Å². The number of benzene rings is 2. The lowest BCUT2D eigenvalue weighted by Gasteiger charge is -2.25. The van der Waals surface area contributed by atoms with Crippen LogP contribution in [0.1, 0.15) is 48.3 Å². The van der Waals surface area contributed by atoms with Gasteiger partial charge in [-0.15, -0.1) is 13.2 Å². The number of aliphatic carboxylic acids is 1. The minimum absolute atomic E-state index is 0.0296. The van der Waals surface area contributed by atoms with Crippen molar-refractivity contribution in [2.24, 2.45) is 0 Å². The van der Waals surface area contributed by atoms with Gasteiger partial charge in [-0.1, -0.05) is 13.3 Å². The standard InChI is InChI=1S/C23H21F4NO5/c1-4-9-22(3,21(31)32)19-12(2)28(17-11-16(24)18(29)10-15(17)19)20(30)13-5-7-14(8-6-13)33-23(25,26)27/h5-8,10-11,29H,4,9H2,1-3H3,(H,31,32)/t22-/m1/s1. The molecular weight excluding hydrogens is 446 g/mol. The minimum Gasteiger partial charge on any atom is -0.505 e. The molecule has 2 N–H and O–H groups in total. The van der Waals surface area contributed by atoms with E-state index >= 15 is 0 Å². The summed E-state index contributed by atoms with van der Waals surface area (Å²) >= 11 is 0. The summed E-state index contributed by atoms with van der Waals surface area (Å²) in [6.07, 6.45) is -4.19. The average Bonchev–Trinajstić information content (AvgIpc) is 2.98. The van der Waals surface area contributed by atoms with Crippen LogP contribution in [0.5, 0.6) is 11.5 Å². The van der Waals surface area contributed by atoms with E-state index in [0.29, 0.717) is 6.42 Å². The van der Waals surface area contributed by atoms with Crippen LogP contribution in [0, 0.1) is 12.7 Å². The molecule has 0 radical (unpaired) electrons. The lowest BCUT2D eigenvalue weighted by Crippen LogP contribution is -2.33. The fourth-order valence-corrected chi connectivity index (χ4v) is 4.15.